The molecule has 58 valence electrons. The van der Waals surface area contributed by atoms with Crippen LogP contribution in [0.25, 0.3) is 0 Å². The van der Waals surface area contributed by atoms with E-state index in [9.17, 15) is 0 Å². The fourth-order valence-electron chi connectivity index (χ4n) is 0.539. The first kappa shape index (κ1) is 9.44. The molecule has 0 rings (SSSR count). The highest BCUT2D eigenvalue weighted by Crippen LogP contribution is 2.03. The number of rotatable bonds is 5. The molecule has 1 N–H and O–H groups in total. The minimum atomic E-state index is 0.581. The van der Waals surface area contributed by atoms with Crippen LogP contribution in [0.4, 0.5) is 0 Å². The first-order valence-corrected chi connectivity index (χ1v) is 3.67. The van der Waals surface area contributed by atoms with Gasteiger partial charge in [-0.1, -0.05) is 32.1 Å². The Morgan fingerprint density at radius 1 is 1.60 bits per heavy atom. The van der Waals surface area contributed by atoms with E-state index in [1.807, 2.05) is 6.08 Å². The number of hydrogen-bond donors (Lipinski definition) is 1. The normalized spacial score (nSPS) is 9.90. The van der Waals surface area contributed by atoms with Crippen LogP contribution in [0.3, 0.4) is 0 Å². The number of nitrogens with one attached hydrogen (secondary N) is 1. The minimum absolute atomic E-state index is 0.581. The van der Waals surface area contributed by atoms with Gasteiger partial charge in [0.15, 0.2) is 0 Å². The summed E-state index contributed by atoms with van der Waals surface area (Å²) >= 11 is 0. The third-order valence-corrected chi connectivity index (χ3v) is 1.46. The maximum Gasteiger partial charge on any atom is 0.0167 e. The van der Waals surface area contributed by atoms with Gasteiger partial charge in [-0.15, -0.1) is 6.58 Å². The Balaban J connectivity index is 3.30. The van der Waals surface area contributed by atoms with Gasteiger partial charge >= 0.3 is 0 Å². The maximum atomic E-state index is 3.93. The predicted octanol–water partition coefficient (Wildman–Crippen LogP) is 1.97. The van der Waals surface area contributed by atoms with Gasteiger partial charge in [0.05, 0.1) is 0 Å². The second kappa shape index (κ2) is 5.24. The third kappa shape index (κ3) is 4.33. The summed E-state index contributed by atoms with van der Waals surface area (Å²) < 4.78 is 0. The molecule has 0 atom stereocenters. The third-order valence-electron chi connectivity index (χ3n) is 1.46. The molecular weight excluding hydrogens is 122 g/mol. The highest BCUT2D eigenvalue weighted by atomic mass is 14.8. The topological polar surface area (TPSA) is 12.0 Å². The monoisotopic (exact) mass is 139 g/mol. The fraction of sp³-hybridized carbons (Fsp3) is 0.556. The molecule has 0 aromatic heterocycles. The second-order valence-electron chi connectivity index (χ2n) is 2.73. The van der Waals surface area contributed by atoms with Gasteiger partial charge in [-0.3, -0.25) is 0 Å². The molecular formula is C9H17N. The van der Waals surface area contributed by atoms with Gasteiger partial charge < -0.3 is 5.32 Å². The fourth-order valence-corrected chi connectivity index (χ4v) is 0.539. The van der Waals surface area contributed by atoms with Gasteiger partial charge in [-0.2, -0.15) is 0 Å². The van der Waals surface area contributed by atoms with Crippen LogP contribution in [0.5, 0.6) is 0 Å². The first-order valence-electron chi connectivity index (χ1n) is 3.67. The second-order valence-corrected chi connectivity index (χ2v) is 2.73. The van der Waals surface area contributed by atoms with Gasteiger partial charge in [-0.05, 0) is 5.92 Å². The predicted molar refractivity (Wildman–Crippen MR) is 47.0 cm³/mol. The summed E-state index contributed by atoms with van der Waals surface area (Å²) in [6, 6.07) is 0. The zero-order valence-corrected chi connectivity index (χ0v) is 6.98. The van der Waals surface area contributed by atoms with Gasteiger partial charge in [-0.25, -0.2) is 0 Å². The molecule has 1 nitrogen and oxygen atoms in total. The molecule has 0 aliphatic heterocycles. The van der Waals surface area contributed by atoms with Crippen LogP contribution in [0, 0.1) is 5.92 Å². The van der Waals surface area contributed by atoms with Crippen LogP contribution in [0.2, 0.25) is 0 Å². The Hall–Kier alpha value is -0.560. The van der Waals surface area contributed by atoms with E-state index in [2.05, 4.69) is 32.3 Å². The van der Waals surface area contributed by atoms with Gasteiger partial charge in [0.25, 0.3) is 0 Å². The molecule has 0 radical (unpaired) electrons. The molecule has 10 heavy (non-hydrogen) atoms. The van der Waals surface area contributed by atoms with Crippen molar-refractivity contribution >= 4 is 0 Å². The zero-order chi connectivity index (χ0) is 7.98. The van der Waals surface area contributed by atoms with Crippen molar-refractivity contribution in [2.24, 2.45) is 5.92 Å². The van der Waals surface area contributed by atoms with E-state index in [0.717, 1.165) is 13.1 Å². The average Bonchev–Trinajstić information content (AvgIpc) is 1.88. The average molecular weight is 139 g/mol. The quantitative estimate of drug-likeness (QED) is 0.453. The lowest BCUT2D eigenvalue weighted by atomic mass is 10.1. The van der Waals surface area contributed by atoms with Crippen molar-refractivity contribution in [3.05, 3.63) is 24.8 Å². The lowest BCUT2D eigenvalue weighted by Gasteiger charge is -2.08. The van der Waals surface area contributed by atoms with E-state index < -0.39 is 0 Å². The standard InChI is InChI=1S/C9H17N/c1-5-6-10-7-9(4)8(2)3/h5,8,10H,1,4,6-7H2,2-3H3. The lowest BCUT2D eigenvalue weighted by Crippen LogP contribution is -2.18. The highest BCUT2D eigenvalue weighted by molar-refractivity contribution is 4.99. The summed E-state index contributed by atoms with van der Waals surface area (Å²) in [5.41, 5.74) is 1.25. The summed E-state index contributed by atoms with van der Waals surface area (Å²) in [7, 11) is 0. The molecule has 0 aromatic rings. The SMILES string of the molecule is C=CCNCC(=C)C(C)C. The molecule has 0 amide bonds. The zero-order valence-electron chi connectivity index (χ0n) is 6.98. The van der Waals surface area contributed by atoms with Crippen molar-refractivity contribution in [3.63, 3.8) is 0 Å². The van der Waals surface area contributed by atoms with Crippen molar-refractivity contribution < 1.29 is 0 Å². The van der Waals surface area contributed by atoms with Crippen LogP contribution in [-0.4, -0.2) is 13.1 Å². The molecule has 0 fully saturated rings. The van der Waals surface area contributed by atoms with Crippen molar-refractivity contribution in [1.29, 1.82) is 0 Å². The van der Waals surface area contributed by atoms with Crippen LogP contribution >= 0.6 is 0 Å². The Morgan fingerprint density at radius 3 is 2.60 bits per heavy atom. The van der Waals surface area contributed by atoms with Gasteiger partial charge in [0.1, 0.15) is 0 Å². The van der Waals surface area contributed by atoms with E-state index in [1.165, 1.54) is 5.57 Å². The van der Waals surface area contributed by atoms with Crippen molar-refractivity contribution in [2.45, 2.75) is 13.8 Å². The summed E-state index contributed by atoms with van der Waals surface area (Å²) in [6.45, 7) is 13.6. The molecule has 0 aliphatic rings. The summed E-state index contributed by atoms with van der Waals surface area (Å²) in [5.74, 6) is 0.581. The van der Waals surface area contributed by atoms with Crippen LogP contribution < -0.4 is 5.32 Å². The molecule has 0 spiro atoms. The molecule has 0 heterocycles. The summed E-state index contributed by atoms with van der Waals surface area (Å²) in [6.07, 6.45) is 1.85. The highest BCUT2D eigenvalue weighted by Gasteiger charge is 1.96. The van der Waals surface area contributed by atoms with Crippen molar-refractivity contribution in [2.75, 3.05) is 13.1 Å². The largest absolute Gasteiger partial charge is 0.310 e. The number of hydrogen-bond acceptors (Lipinski definition) is 1. The van der Waals surface area contributed by atoms with E-state index in [1.54, 1.807) is 0 Å². The van der Waals surface area contributed by atoms with E-state index in [-0.39, 0.29) is 0 Å². The molecule has 1 heteroatoms. The first-order chi connectivity index (χ1) is 4.68. The van der Waals surface area contributed by atoms with Gasteiger partial charge in [0, 0.05) is 13.1 Å². The van der Waals surface area contributed by atoms with Crippen LogP contribution in [0.1, 0.15) is 13.8 Å². The van der Waals surface area contributed by atoms with E-state index >= 15 is 0 Å². The van der Waals surface area contributed by atoms with Crippen LogP contribution in [0.15, 0.2) is 24.8 Å². The van der Waals surface area contributed by atoms with E-state index in [0.29, 0.717) is 5.92 Å². The maximum absolute atomic E-state index is 3.93. The molecule has 0 unspecified atom stereocenters. The Bertz CT molecular complexity index is 114. The molecule has 0 aromatic carbocycles. The summed E-state index contributed by atoms with van der Waals surface area (Å²) in [4.78, 5) is 0. The van der Waals surface area contributed by atoms with Gasteiger partial charge in [0.2, 0.25) is 0 Å². The molecule has 0 saturated heterocycles. The molecule has 0 bridgehead atoms. The Labute approximate surface area is 63.8 Å². The molecule has 0 saturated carbocycles. The smallest absolute Gasteiger partial charge is 0.0167 e. The van der Waals surface area contributed by atoms with E-state index in [4.69, 9.17) is 0 Å². The van der Waals surface area contributed by atoms with Crippen molar-refractivity contribution in [1.82, 2.24) is 5.32 Å². The van der Waals surface area contributed by atoms with Crippen molar-refractivity contribution in [3.8, 4) is 0 Å². The summed E-state index contributed by atoms with van der Waals surface area (Å²) in [5, 5.41) is 3.20. The Morgan fingerprint density at radius 2 is 2.20 bits per heavy atom. The lowest BCUT2D eigenvalue weighted by molar-refractivity contribution is 0.693. The minimum Gasteiger partial charge on any atom is -0.310 e. The molecule has 0 aliphatic carbocycles. The Kier molecular flexibility index (Phi) is 4.95. The van der Waals surface area contributed by atoms with Crippen LogP contribution in [-0.2, 0) is 0 Å².